The summed E-state index contributed by atoms with van der Waals surface area (Å²) < 4.78 is 2.72. The second-order valence-electron chi connectivity index (χ2n) is 2.91. The van der Waals surface area contributed by atoms with Crippen LogP contribution in [-0.4, -0.2) is 20.5 Å². The first-order chi connectivity index (χ1) is 6.65. The van der Waals surface area contributed by atoms with E-state index in [1.165, 1.54) is 0 Å². The molecule has 0 bridgehead atoms. The van der Waals surface area contributed by atoms with Crippen molar-refractivity contribution < 1.29 is 9.90 Å². The van der Waals surface area contributed by atoms with Crippen LogP contribution in [0.15, 0.2) is 29.0 Å². The maximum Gasteiger partial charge on any atom is 0.309 e. The topological polar surface area (TPSA) is 54.6 Å². The number of aliphatic carboxylic acids is 1. The van der Waals surface area contributed by atoms with Gasteiger partial charge in [-0.3, -0.25) is 4.79 Å². The van der Waals surface area contributed by atoms with E-state index in [1.807, 2.05) is 18.3 Å². The van der Waals surface area contributed by atoms with Gasteiger partial charge in [0.1, 0.15) is 5.65 Å². The highest BCUT2D eigenvalue weighted by Gasteiger charge is 2.05. The smallest absolute Gasteiger partial charge is 0.309 e. The van der Waals surface area contributed by atoms with Gasteiger partial charge < -0.3 is 9.51 Å². The number of nitrogens with zero attached hydrogens (tertiary/aromatic N) is 2. The molecule has 0 spiro atoms. The SMILES string of the molecule is Cl.O=C(O)Cc1cn2ccc(Br)cc2n1. The van der Waals surface area contributed by atoms with Crippen LogP contribution in [0.2, 0.25) is 0 Å². The van der Waals surface area contributed by atoms with Crippen molar-refractivity contribution in [2.75, 3.05) is 0 Å². The zero-order valence-corrected chi connectivity index (χ0v) is 9.96. The Kier molecular flexibility index (Phi) is 3.71. The van der Waals surface area contributed by atoms with E-state index >= 15 is 0 Å². The van der Waals surface area contributed by atoms with Crippen molar-refractivity contribution in [3.05, 3.63) is 34.7 Å². The predicted octanol–water partition coefficient (Wildman–Crippen LogP) is 2.15. The molecule has 0 atom stereocenters. The molecule has 15 heavy (non-hydrogen) atoms. The van der Waals surface area contributed by atoms with Gasteiger partial charge in [0.2, 0.25) is 0 Å². The normalized spacial score (nSPS) is 9.93. The largest absolute Gasteiger partial charge is 0.481 e. The molecule has 4 nitrogen and oxygen atoms in total. The molecule has 0 saturated heterocycles. The Morgan fingerprint density at radius 1 is 1.60 bits per heavy atom. The van der Waals surface area contributed by atoms with Crippen LogP contribution in [0.4, 0.5) is 0 Å². The number of carbonyl (C=O) groups is 1. The second-order valence-corrected chi connectivity index (χ2v) is 3.83. The van der Waals surface area contributed by atoms with Crippen LogP contribution in [0.1, 0.15) is 5.69 Å². The number of hydrogen-bond donors (Lipinski definition) is 1. The van der Waals surface area contributed by atoms with Crippen molar-refractivity contribution in [3.8, 4) is 0 Å². The Hall–Kier alpha value is -1.07. The van der Waals surface area contributed by atoms with E-state index < -0.39 is 5.97 Å². The Bertz CT molecular complexity index is 498. The number of carboxylic acid groups (broad SMARTS) is 1. The zero-order chi connectivity index (χ0) is 10.1. The molecule has 0 radical (unpaired) electrons. The summed E-state index contributed by atoms with van der Waals surface area (Å²) in [6.07, 6.45) is 3.51. The monoisotopic (exact) mass is 290 g/mol. The highest BCUT2D eigenvalue weighted by molar-refractivity contribution is 9.10. The minimum atomic E-state index is -0.868. The summed E-state index contributed by atoms with van der Waals surface area (Å²) >= 11 is 3.32. The van der Waals surface area contributed by atoms with E-state index in [0.29, 0.717) is 5.69 Å². The maximum atomic E-state index is 10.5. The van der Waals surface area contributed by atoms with E-state index in [2.05, 4.69) is 20.9 Å². The molecule has 0 unspecified atom stereocenters. The van der Waals surface area contributed by atoms with Crippen molar-refractivity contribution in [2.45, 2.75) is 6.42 Å². The second kappa shape index (κ2) is 4.63. The van der Waals surface area contributed by atoms with Crippen LogP contribution >= 0.6 is 28.3 Å². The third-order valence-corrected chi connectivity index (χ3v) is 2.30. The molecule has 1 N–H and O–H groups in total. The summed E-state index contributed by atoms with van der Waals surface area (Å²) in [6, 6.07) is 3.71. The van der Waals surface area contributed by atoms with Crippen LogP contribution < -0.4 is 0 Å². The van der Waals surface area contributed by atoms with E-state index in [0.717, 1.165) is 10.1 Å². The Morgan fingerprint density at radius 2 is 2.33 bits per heavy atom. The molecule has 0 saturated carbocycles. The lowest BCUT2D eigenvalue weighted by Gasteiger charge is -1.91. The molecular weight excluding hydrogens is 283 g/mol. The molecule has 2 rings (SSSR count). The third-order valence-electron chi connectivity index (χ3n) is 1.80. The molecule has 2 heterocycles. The Morgan fingerprint density at radius 3 is 3.00 bits per heavy atom. The minimum absolute atomic E-state index is 0. The molecule has 0 fully saturated rings. The fraction of sp³-hybridized carbons (Fsp3) is 0.111. The van der Waals surface area contributed by atoms with Crippen molar-refractivity contribution in [1.29, 1.82) is 0 Å². The first-order valence-electron chi connectivity index (χ1n) is 4.00. The number of halogens is 2. The summed E-state index contributed by atoms with van der Waals surface area (Å²) in [4.78, 5) is 14.6. The number of hydrogen-bond acceptors (Lipinski definition) is 2. The van der Waals surface area contributed by atoms with Gasteiger partial charge in [-0.05, 0) is 12.1 Å². The number of aromatic nitrogens is 2. The van der Waals surface area contributed by atoms with Crippen LogP contribution in [0, 0.1) is 0 Å². The molecule has 6 heteroatoms. The molecule has 0 aromatic carbocycles. The molecule has 0 amide bonds. The van der Waals surface area contributed by atoms with Gasteiger partial charge in [-0.2, -0.15) is 0 Å². The molecule has 0 aliphatic rings. The van der Waals surface area contributed by atoms with Crippen LogP contribution in [0.25, 0.3) is 5.65 Å². The van der Waals surface area contributed by atoms with Gasteiger partial charge in [0.15, 0.2) is 0 Å². The lowest BCUT2D eigenvalue weighted by Crippen LogP contribution is -1.99. The number of pyridine rings is 1. The van der Waals surface area contributed by atoms with Gasteiger partial charge in [-0.25, -0.2) is 4.98 Å². The molecule has 0 aliphatic carbocycles. The van der Waals surface area contributed by atoms with Gasteiger partial charge in [0.25, 0.3) is 0 Å². The van der Waals surface area contributed by atoms with Crippen LogP contribution in [0.5, 0.6) is 0 Å². The Balaban J connectivity index is 0.00000112. The van der Waals surface area contributed by atoms with Gasteiger partial charge in [-0.1, -0.05) is 15.9 Å². The van der Waals surface area contributed by atoms with Gasteiger partial charge >= 0.3 is 5.97 Å². The summed E-state index contributed by atoms with van der Waals surface area (Å²) in [7, 11) is 0. The highest BCUT2D eigenvalue weighted by Crippen LogP contribution is 2.13. The summed E-state index contributed by atoms with van der Waals surface area (Å²) in [5.41, 5.74) is 1.31. The van der Waals surface area contributed by atoms with Crippen molar-refractivity contribution in [1.82, 2.24) is 9.38 Å². The molecular formula is C9H8BrClN2O2. The summed E-state index contributed by atoms with van der Waals surface area (Å²) in [5.74, 6) is -0.868. The number of carboxylic acids is 1. The maximum absolute atomic E-state index is 10.5. The van der Waals surface area contributed by atoms with E-state index in [9.17, 15) is 4.79 Å². The molecule has 2 aromatic rings. The van der Waals surface area contributed by atoms with Crippen molar-refractivity contribution in [3.63, 3.8) is 0 Å². The van der Waals surface area contributed by atoms with Crippen LogP contribution in [-0.2, 0) is 11.2 Å². The average Bonchev–Trinajstić information content (AvgIpc) is 2.44. The fourth-order valence-electron chi connectivity index (χ4n) is 1.25. The van der Waals surface area contributed by atoms with E-state index in [1.54, 1.807) is 10.6 Å². The standard InChI is InChI=1S/C9H7BrN2O2.ClH/c10-6-1-2-12-5-7(4-9(13)14)11-8(12)3-6;/h1-3,5H,4H2,(H,13,14);1H. The summed E-state index contributed by atoms with van der Waals surface area (Å²) in [5, 5.41) is 8.59. The van der Waals surface area contributed by atoms with Gasteiger partial charge in [-0.15, -0.1) is 12.4 Å². The van der Waals surface area contributed by atoms with Crippen LogP contribution in [0.3, 0.4) is 0 Å². The first-order valence-corrected chi connectivity index (χ1v) is 4.79. The third kappa shape index (κ3) is 2.70. The van der Waals surface area contributed by atoms with Crippen molar-refractivity contribution >= 4 is 40.0 Å². The Labute approximate surface area is 100 Å². The highest BCUT2D eigenvalue weighted by atomic mass is 79.9. The number of imidazole rings is 1. The van der Waals surface area contributed by atoms with E-state index in [4.69, 9.17) is 5.11 Å². The fourth-order valence-corrected chi connectivity index (χ4v) is 1.57. The predicted molar refractivity (Wildman–Crippen MR) is 61.5 cm³/mol. The van der Waals surface area contributed by atoms with E-state index in [-0.39, 0.29) is 18.8 Å². The first kappa shape index (κ1) is 12.0. The number of rotatable bonds is 2. The lowest BCUT2D eigenvalue weighted by atomic mass is 10.3. The number of fused-ring (bicyclic) bond motifs is 1. The average molecular weight is 292 g/mol. The molecule has 2 aromatic heterocycles. The lowest BCUT2D eigenvalue weighted by molar-refractivity contribution is -0.136. The quantitative estimate of drug-likeness (QED) is 0.922. The molecule has 80 valence electrons. The van der Waals surface area contributed by atoms with Gasteiger partial charge in [0, 0.05) is 16.9 Å². The van der Waals surface area contributed by atoms with Crippen molar-refractivity contribution in [2.24, 2.45) is 0 Å². The van der Waals surface area contributed by atoms with Gasteiger partial charge in [0.05, 0.1) is 12.1 Å². The minimum Gasteiger partial charge on any atom is -0.481 e. The molecule has 0 aliphatic heterocycles. The summed E-state index contributed by atoms with van der Waals surface area (Å²) in [6.45, 7) is 0. The zero-order valence-electron chi connectivity index (χ0n) is 7.55.